The first kappa shape index (κ1) is 17.4. The summed E-state index contributed by atoms with van der Waals surface area (Å²) in [6.07, 6.45) is 1.56. The molecule has 0 atom stereocenters. The quantitative estimate of drug-likeness (QED) is 0.680. The van der Waals surface area contributed by atoms with Crippen molar-refractivity contribution in [2.24, 2.45) is 0 Å². The van der Waals surface area contributed by atoms with Crippen LogP contribution >= 0.6 is 0 Å². The number of aromatic nitrogens is 2. The highest BCUT2D eigenvalue weighted by Crippen LogP contribution is 2.24. The smallest absolute Gasteiger partial charge is 0.274 e. The van der Waals surface area contributed by atoms with Crippen LogP contribution in [0.25, 0.3) is 0 Å². The monoisotopic (exact) mass is 348 g/mol. The lowest BCUT2D eigenvalue weighted by Gasteiger charge is -2.11. The lowest BCUT2D eigenvalue weighted by atomic mass is 10.2. The van der Waals surface area contributed by atoms with E-state index in [-0.39, 0.29) is 11.6 Å². The maximum atomic E-state index is 12.5. The number of hydrogen-bond acceptors (Lipinski definition) is 5. The fourth-order valence-electron chi connectivity index (χ4n) is 2.38. The summed E-state index contributed by atoms with van der Waals surface area (Å²) in [5.74, 6) is 0.710. The Kier molecular flexibility index (Phi) is 5.77. The van der Waals surface area contributed by atoms with Crippen LogP contribution in [-0.4, -0.2) is 22.5 Å². The third-order valence-corrected chi connectivity index (χ3v) is 3.62. The standard InChI is InChI=1S/C20H20N4O2/c1-2-26-18-11-7-6-10-16(18)23-19(25)17-12-13-21-20(24-17)22-14-15-8-4-3-5-9-15/h3-13H,2,14H2,1H3,(H,23,25)(H,21,22,24). The Morgan fingerprint density at radius 3 is 2.62 bits per heavy atom. The maximum absolute atomic E-state index is 12.5. The SMILES string of the molecule is CCOc1ccccc1NC(=O)c1ccnc(NCc2ccccc2)n1. The number of ether oxygens (including phenoxy) is 1. The van der Waals surface area contributed by atoms with Gasteiger partial charge in [-0.2, -0.15) is 0 Å². The first-order valence-corrected chi connectivity index (χ1v) is 8.40. The Morgan fingerprint density at radius 2 is 1.81 bits per heavy atom. The molecule has 26 heavy (non-hydrogen) atoms. The molecule has 1 aromatic heterocycles. The molecule has 0 saturated heterocycles. The van der Waals surface area contributed by atoms with Crippen molar-refractivity contribution < 1.29 is 9.53 Å². The van der Waals surface area contributed by atoms with Crippen molar-refractivity contribution in [3.63, 3.8) is 0 Å². The number of nitrogens with one attached hydrogen (secondary N) is 2. The highest BCUT2D eigenvalue weighted by molar-refractivity contribution is 6.03. The Balaban J connectivity index is 1.68. The van der Waals surface area contributed by atoms with Gasteiger partial charge in [0.25, 0.3) is 5.91 Å². The minimum absolute atomic E-state index is 0.280. The highest BCUT2D eigenvalue weighted by Gasteiger charge is 2.12. The van der Waals surface area contributed by atoms with E-state index in [0.29, 0.717) is 30.5 Å². The maximum Gasteiger partial charge on any atom is 0.274 e. The fourth-order valence-corrected chi connectivity index (χ4v) is 2.38. The molecule has 2 N–H and O–H groups in total. The van der Waals surface area contributed by atoms with Gasteiger partial charge in [-0.1, -0.05) is 42.5 Å². The molecule has 6 heteroatoms. The molecule has 3 rings (SSSR count). The first-order valence-electron chi connectivity index (χ1n) is 8.40. The molecule has 0 spiro atoms. The first-order chi connectivity index (χ1) is 12.8. The van der Waals surface area contributed by atoms with Crippen LogP contribution in [0, 0.1) is 0 Å². The average molecular weight is 348 g/mol. The minimum Gasteiger partial charge on any atom is -0.492 e. The minimum atomic E-state index is -0.317. The summed E-state index contributed by atoms with van der Waals surface area (Å²) < 4.78 is 5.53. The predicted octanol–water partition coefficient (Wildman–Crippen LogP) is 3.74. The topological polar surface area (TPSA) is 76.1 Å². The molecule has 0 saturated carbocycles. The van der Waals surface area contributed by atoms with Gasteiger partial charge in [-0.15, -0.1) is 0 Å². The molecule has 0 fully saturated rings. The Morgan fingerprint density at radius 1 is 1.04 bits per heavy atom. The number of carbonyl (C=O) groups is 1. The summed E-state index contributed by atoms with van der Waals surface area (Å²) in [5.41, 5.74) is 2.00. The van der Waals surface area contributed by atoms with E-state index in [1.165, 1.54) is 0 Å². The molecular formula is C20H20N4O2. The van der Waals surface area contributed by atoms with Gasteiger partial charge in [-0.25, -0.2) is 9.97 Å². The number of hydrogen-bond donors (Lipinski definition) is 2. The van der Waals surface area contributed by atoms with Crippen molar-refractivity contribution in [1.29, 1.82) is 0 Å². The van der Waals surface area contributed by atoms with Crippen LogP contribution in [0.15, 0.2) is 66.9 Å². The van der Waals surface area contributed by atoms with Crippen LogP contribution in [-0.2, 0) is 6.54 Å². The van der Waals surface area contributed by atoms with Gasteiger partial charge in [-0.3, -0.25) is 4.79 Å². The summed E-state index contributed by atoms with van der Waals surface area (Å²) >= 11 is 0. The van der Waals surface area contributed by atoms with Crippen molar-refractivity contribution in [3.8, 4) is 5.75 Å². The van der Waals surface area contributed by atoms with E-state index >= 15 is 0 Å². The highest BCUT2D eigenvalue weighted by atomic mass is 16.5. The number of benzene rings is 2. The molecular weight excluding hydrogens is 328 g/mol. The van der Waals surface area contributed by atoms with Crippen molar-refractivity contribution in [2.75, 3.05) is 17.2 Å². The van der Waals surface area contributed by atoms with Crippen molar-refractivity contribution in [2.45, 2.75) is 13.5 Å². The molecule has 0 aliphatic heterocycles. The Bertz CT molecular complexity index is 868. The van der Waals surface area contributed by atoms with Crippen LogP contribution in [0.4, 0.5) is 11.6 Å². The van der Waals surface area contributed by atoms with Gasteiger partial charge in [0.05, 0.1) is 12.3 Å². The zero-order valence-corrected chi connectivity index (χ0v) is 14.5. The van der Waals surface area contributed by atoms with Crippen LogP contribution < -0.4 is 15.4 Å². The van der Waals surface area contributed by atoms with Crippen LogP contribution in [0.3, 0.4) is 0 Å². The molecule has 2 aromatic carbocycles. The third-order valence-electron chi connectivity index (χ3n) is 3.62. The largest absolute Gasteiger partial charge is 0.492 e. The van der Waals surface area contributed by atoms with Crippen molar-refractivity contribution >= 4 is 17.5 Å². The lowest BCUT2D eigenvalue weighted by molar-refractivity contribution is 0.102. The molecule has 0 aliphatic rings. The van der Waals surface area contributed by atoms with E-state index < -0.39 is 0 Å². The summed E-state index contributed by atoms with van der Waals surface area (Å²) in [4.78, 5) is 21.0. The molecule has 132 valence electrons. The number of rotatable bonds is 7. The van der Waals surface area contributed by atoms with Crippen molar-refractivity contribution in [3.05, 3.63) is 78.1 Å². The second-order valence-corrected chi connectivity index (χ2v) is 5.49. The van der Waals surface area contributed by atoms with E-state index in [1.54, 1.807) is 18.3 Å². The number of nitrogens with zero attached hydrogens (tertiary/aromatic N) is 2. The molecule has 0 aliphatic carbocycles. The summed E-state index contributed by atoms with van der Waals surface area (Å²) in [6.45, 7) is 3.00. The van der Waals surface area contributed by atoms with E-state index in [2.05, 4.69) is 20.6 Å². The van der Waals surface area contributed by atoms with Crippen molar-refractivity contribution in [1.82, 2.24) is 9.97 Å². The Labute approximate surface area is 152 Å². The second kappa shape index (κ2) is 8.62. The number of para-hydroxylation sites is 2. The van der Waals surface area contributed by atoms with Crippen LogP contribution in [0.5, 0.6) is 5.75 Å². The van der Waals surface area contributed by atoms with Gasteiger partial charge in [0.15, 0.2) is 0 Å². The van der Waals surface area contributed by atoms with Crippen LogP contribution in [0.1, 0.15) is 23.0 Å². The second-order valence-electron chi connectivity index (χ2n) is 5.49. The number of amides is 1. The van der Waals surface area contributed by atoms with Gasteiger partial charge in [0.1, 0.15) is 11.4 Å². The lowest BCUT2D eigenvalue weighted by Crippen LogP contribution is -2.16. The van der Waals surface area contributed by atoms with Gasteiger partial charge >= 0.3 is 0 Å². The molecule has 3 aromatic rings. The predicted molar refractivity (Wildman–Crippen MR) is 101 cm³/mol. The van der Waals surface area contributed by atoms with Gasteiger partial charge in [0.2, 0.25) is 5.95 Å². The number of carbonyl (C=O) groups excluding carboxylic acids is 1. The van der Waals surface area contributed by atoms with E-state index in [0.717, 1.165) is 5.56 Å². The molecule has 0 unspecified atom stereocenters. The van der Waals surface area contributed by atoms with Gasteiger partial charge in [0, 0.05) is 12.7 Å². The molecule has 6 nitrogen and oxygen atoms in total. The molecule has 1 amide bonds. The Hall–Kier alpha value is -3.41. The zero-order valence-electron chi connectivity index (χ0n) is 14.5. The van der Waals surface area contributed by atoms with Crippen LogP contribution in [0.2, 0.25) is 0 Å². The van der Waals surface area contributed by atoms with E-state index in [4.69, 9.17) is 4.74 Å². The zero-order chi connectivity index (χ0) is 18.2. The summed E-state index contributed by atoms with van der Waals surface area (Å²) in [6, 6.07) is 18.8. The summed E-state index contributed by atoms with van der Waals surface area (Å²) in [7, 11) is 0. The molecule has 0 radical (unpaired) electrons. The summed E-state index contributed by atoms with van der Waals surface area (Å²) in [5, 5.41) is 5.96. The third kappa shape index (κ3) is 4.57. The van der Waals surface area contributed by atoms with Gasteiger partial charge < -0.3 is 15.4 Å². The normalized spacial score (nSPS) is 10.2. The molecule has 1 heterocycles. The molecule has 0 bridgehead atoms. The van der Waals surface area contributed by atoms with E-state index in [9.17, 15) is 4.79 Å². The van der Waals surface area contributed by atoms with E-state index in [1.807, 2.05) is 55.5 Å². The average Bonchev–Trinajstić information content (AvgIpc) is 2.69. The fraction of sp³-hybridized carbons (Fsp3) is 0.150. The van der Waals surface area contributed by atoms with Gasteiger partial charge in [-0.05, 0) is 30.7 Å². The number of anilines is 2.